The number of esters is 1. The highest BCUT2D eigenvalue weighted by Crippen LogP contribution is 2.14. The summed E-state index contributed by atoms with van der Waals surface area (Å²) in [7, 11) is 0. The lowest BCUT2D eigenvalue weighted by Gasteiger charge is -2.06. The van der Waals surface area contributed by atoms with Gasteiger partial charge >= 0.3 is 5.97 Å². The molecule has 110 valence electrons. The quantitative estimate of drug-likeness (QED) is 0.751. The molecule has 0 atom stereocenters. The van der Waals surface area contributed by atoms with Gasteiger partial charge in [-0.2, -0.15) is 5.10 Å². The molecule has 0 aliphatic carbocycles. The van der Waals surface area contributed by atoms with Crippen LogP contribution in [0.4, 0.5) is 0 Å². The maximum atomic E-state index is 11.9. The van der Waals surface area contributed by atoms with E-state index >= 15 is 0 Å². The third-order valence-corrected chi connectivity index (χ3v) is 3.16. The highest BCUT2D eigenvalue weighted by Gasteiger charge is 2.08. The fourth-order valence-corrected chi connectivity index (χ4v) is 2.03. The molecule has 0 spiro atoms. The maximum Gasteiger partial charge on any atom is 0.338 e. The van der Waals surface area contributed by atoms with Crippen molar-refractivity contribution < 1.29 is 14.6 Å². The molecule has 5 heteroatoms. The van der Waals surface area contributed by atoms with Gasteiger partial charge in [-0.1, -0.05) is 18.2 Å². The summed E-state index contributed by atoms with van der Waals surface area (Å²) < 4.78 is 6.98. The van der Waals surface area contributed by atoms with Crippen LogP contribution in [0, 0.1) is 0 Å². The fraction of sp³-hybridized carbons (Fsp3) is 0.0588. The molecule has 0 aliphatic heterocycles. The van der Waals surface area contributed by atoms with Crippen LogP contribution in [0.5, 0.6) is 5.75 Å². The summed E-state index contributed by atoms with van der Waals surface area (Å²) in [6.45, 7) is 0.174. The Hall–Kier alpha value is -3.08. The van der Waals surface area contributed by atoms with Gasteiger partial charge in [-0.15, -0.1) is 0 Å². The van der Waals surface area contributed by atoms with Crippen molar-refractivity contribution >= 4 is 5.97 Å². The number of ether oxygens (including phenoxy) is 1. The molecule has 3 rings (SSSR count). The molecule has 5 nitrogen and oxygen atoms in total. The number of benzene rings is 2. The fourth-order valence-electron chi connectivity index (χ4n) is 2.03. The predicted octanol–water partition coefficient (Wildman–Crippen LogP) is 2.93. The zero-order chi connectivity index (χ0) is 15.4. The van der Waals surface area contributed by atoms with Crippen molar-refractivity contribution in [2.45, 2.75) is 6.61 Å². The van der Waals surface area contributed by atoms with Crippen LogP contribution < -0.4 is 0 Å². The Labute approximate surface area is 127 Å². The van der Waals surface area contributed by atoms with Gasteiger partial charge in [0.05, 0.1) is 11.3 Å². The number of hydrogen-bond donors (Lipinski definition) is 1. The highest BCUT2D eigenvalue weighted by atomic mass is 16.5. The minimum atomic E-state index is -0.466. The second kappa shape index (κ2) is 6.13. The van der Waals surface area contributed by atoms with E-state index in [9.17, 15) is 9.90 Å². The van der Waals surface area contributed by atoms with Crippen molar-refractivity contribution in [1.29, 1.82) is 0 Å². The topological polar surface area (TPSA) is 64.4 Å². The normalized spacial score (nSPS) is 10.4. The molecule has 0 aliphatic rings. The van der Waals surface area contributed by atoms with Gasteiger partial charge in [0.2, 0.25) is 0 Å². The Morgan fingerprint density at radius 3 is 2.64 bits per heavy atom. The molecule has 2 aromatic carbocycles. The zero-order valence-corrected chi connectivity index (χ0v) is 11.7. The van der Waals surface area contributed by atoms with Crippen molar-refractivity contribution in [3.05, 3.63) is 78.1 Å². The third-order valence-electron chi connectivity index (χ3n) is 3.16. The predicted molar refractivity (Wildman–Crippen MR) is 80.8 cm³/mol. The zero-order valence-electron chi connectivity index (χ0n) is 11.7. The molecular formula is C17H14N2O3. The van der Waals surface area contributed by atoms with Crippen molar-refractivity contribution in [1.82, 2.24) is 9.78 Å². The molecule has 1 heterocycles. The monoisotopic (exact) mass is 294 g/mol. The van der Waals surface area contributed by atoms with Crippen LogP contribution in [0.1, 0.15) is 15.9 Å². The number of hydrogen-bond acceptors (Lipinski definition) is 4. The standard InChI is InChI=1S/C17H14N2O3/c20-16-4-1-3-14(11-16)17(21)22-12-13-5-7-15(8-6-13)19-10-2-9-18-19/h1-11,20H,12H2. The number of carbonyl (C=O) groups is 1. The lowest BCUT2D eigenvalue weighted by molar-refractivity contribution is 0.0472. The van der Waals surface area contributed by atoms with Gasteiger partial charge in [0.25, 0.3) is 0 Å². The van der Waals surface area contributed by atoms with Crippen LogP contribution in [0.3, 0.4) is 0 Å². The molecule has 3 aromatic rings. The number of nitrogens with zero attached hydrogens (tertiary/aromatic N) is 2. The summed E-state index contributed by atoms with van der Waals surface area (Å²) in [5, 5.41) is 13.5. The van der Waals surface area contributed by atoms with Gasteiger partial charge in [-0.05, 0) is 42.0 Å². The van der Waals surface area contributed by atoms with Crippen LogP contribution in [0.25, 0.3) is 5.69 Å². The lowest BCUT2D eigenvalue weighted by atomic mass is 10.2. The van der Waals surface area contributed by atoms with Crippen LogP contribution in [-0.2, 0) is 11.3 Å². The van der Waals surface area contributed by atoms with E-state index in [0.717, 1.165) is 11.3 Å². The molecule has 0 fully saturated rings. The first-order valence-electron chi connectivity index (χ1n) is 6.77. The van der Waals surface area contributed by atoms with E-state index in [0.29, 0.717) is 5.56 Å². The molecule has 0 saturated heterocycles. The summed E-state index contributed by atoms with van der Waals surface area (Å²) in [6, 6.07) is 15.5. The van der Waals surface area contributed by atoms with Crippen LogP contribution in [0.2, 0.25) is 0 Å². The maximum absolute atomic E-state index is 11.9. The number of rotatable bonds is 4. The number of aromatic hydroxyl groups is 1. The first-order chi connectivity index (χ1) is 10.7. The van der Waals surface area contributed by atoms with Crippen molar-refractivity contribution in [2.24, 2.45) is 0 Å². The molecule has 22 heavy (non-hydrogen) atoms. The number of carbonyl (C=O) groups excluding carboxylic acids is 1. The molecule has 0 bridgehead atoms. The smallest absolute Gasteiger partial charge is 0.338 e. The van der Waals surface area contributed by atoms with E-state index in [1.165, 1.54) is 12.1 Å². The minimum absolute atomic E-state index is 0.0398. The van der Waals surface area contributed by atoms with E-state index in [1.807, 2.05) is 36.5 Å². The van der Waals surface area contributed by atoms with E-state index in [1.54, 1.807) is 23.0 Å². The summed E-state index contributed by atoms with van der Waals surface area (Å²) >= 11 is 0. The molecule has 0 unspecified atom stereocenters. The van der Waals surface area contributed by atoms with Crippen molar-refractivity contribution in [3.8, 4) is 11.4 Å². The minimum Gasteiger partial charge on any atom is -0.508 e. The Kier molecular flexibility index (Phi) is 3.87. The second-order valence-electron chi connectivity index (χ2n) is 4.74. The van der Waals surface area contributed by atoms with Gasteiger partial charge < -0.3 is 9.84 Å². The van der Waals surface area contributed by atoms with Gasteiger partial charge in [0, 0.05) is 12.4 Å². The average molecular weight is 294 g/mol. The summed E-state index contributed by atoms with van der Waals surface area (Å²) in [5.41, 5.74) is 2.14. The van der Waals surface area contributed by atoms with Gasteiger partial charge in [-0.3, -0.25) is 0 Å². The molecule has 0 saturated carbocycles. The van der Waals surface area contributed by atoms with Gasteiger partial charge in [-0.25, -0.2) is 9.48 Å². The Balaban J connectivity index is 1.63. The number of phenols is 1. The summed E-state index contributed by atoms with van der Waals surface area (Å²) in [6.07, 6.45) is 3.57. The largest absolute Gasteiger partial charge is 0.508 e. The Morgan fingerprint density at radius 1 is 1.14 bits per heavy atom. The van der Waals surface area contributed by atoms with Crippen molar-refractivity contribution in [3.63, 3.8) is 0 Å². The summed E-state index contributed by atoms with van der Waals surface area (Å²) in [4.78, 5) is 11.9. The van der Waals surface area contributed by atoms with Gasteiger partial charge in [0.1, 0.15) is 12.4 Å². The molecule has 0 amide bonds. The lowest BCUT2D eigenvalue weighted by Crippen LogP contribution is -2.05. The molecule has 1 aromatic heterocycles. The van der Waals surface area contributed by atoms with E-state index < -0.39 is 5.97 Å². The first-order valence-corrected chi connectivity index (χ1v) is 6.77. The third kappa shape index (κ3) is 3.15. The average Bonchev–Trinajstić information content (AvgIpc) is 3.07. The highest BCUT2D eigenvalue weighted by molar-refractivity contribution is 5.89. The Morgan fingerprint density at radius 2 is 1.95 bits per heavy atom. The molecule has 0 radical (unpaired) electrons. The first kappa shape index (κ1) is 13.9. The van der Waals surface area contributed by atoms with E-state index in [2.05, 4.69) is 5.10 Å². The molecular weight excluding hydrogens is 280 g/mol. The number of phenolic OH excluding ortho intramolecular Hbond substituents is 1. The Bertz CT molecular complexity index is 765. The summed E-state index contributed by atoms with van der Waals surface area (Å²) in [5.74, 6) is -0.426. The van der Waals surface area contributed by atoms with Crippen molar-refractivity contribution in [2.75, 3.05) is 0 Å². The SMILES string of the molecule is O=C(OCc1ccc(-n2cccn2)cc1)c1cccc(O)c1. The second-order valence-corrected chi connectivity index (χ2v) is 4.74. The number of aromatic nitrogens is 2. The van der Waals surface area contributed by atoms with Crippen LogP contribution in [0.15, 0.2) is 67.0 Å². The van der Waals surface area contributed by atoms with Gasteiger partial charge in [0.15, 0.2) is 0 Å². The van der Waals surface area contributed by atoms with E-state index in [4.69, 9.17) is 4.74 Å². The molecule has 1 N–H and O–H groups in total. The van der Waals surface area contributed by atoms with Crippen LogP contribution in [-0.4, -0.2) is 20.9 Å². The van der Waals surface area contributed by atoms with Crippen LogP contribution >= 0.6 is 0 Å². The van der Waals surface area contributed by atoms with E-state index in [-0.39, 0.29) is 12.4 Å².